The number of methoxy groups -OCH3 is 1. The lowest BCUT2D eigenvalue weighted by Gasteiger charge is -2.12. The van der Waals surface area contributed by atoms with Gasteiger partial charge in [0.05, 0.1) is 30.3 Å². The third kappa shape index (κ3) is 4.09. The molecule has 0 saturated carbocycles. The van der Waals surface area contributed by atoms with Gasteiger partial charge in [0.1, 0.15) is 17.7 Å². The number of nitrogens with zero attached hydrogens (tertiary/aromatic N) is 4. The van der Waals surface area contributed by atoms with Gasteiger partial charge in [-0.05, 0) is 55.5 Å². The molecule has 0 bridgehead atoms. The minimum atomic E-state index is 0.487. The highest BCUT2D eigenvalue weighted by molar-refractivity contribution is 6.31. The Balaban J connectivity index is 1.86. The molecule has 0 spiro atoms. The number of pyridine rings is 1. The Morgan fingerprint density at radius 2 is 2.03 bits per heavy atom. The van der Waals surface area contributed by atoms with Crippen LogP contribution in [-0.4, -0.2) is 28.3 Å². The summed E-state index contributed by atoms with van der Waals surface area (Å²) in [5.41, 5.74) is 2.96. The van der Waals surface area contributed by atoms with Gasteiger partial charge in [0.2, 0.25) is 0 Å². The van der Waals surface area contributed by atoms with Crippen LogP contribution in [0.2, 0.25) is 5.02 Å². The molecule has 6 nitrogen and oxygen atoms in total. The highest BCUT2D eigenvalue weighted by Gasteiger charge is 2.13. The van der Waals surface area contributed by atoms with Gasteiger partial charge in [0.25, 0.3) is 0 Å². The van der Waals surface area contributed by atoms with E-state index in [0.29, 0.717) is 40.3 Å². The Kier molecular flexibility index (Phi) is 5.87. The van der Waals surface area contributed by atoms with Crippen molar-refractivity contribution in [3.63, 3.8) is 0 Å². The quantitative estimate of drug-likeness (QED) is 0.402. The Morgan fingerprint density at radius 1 is 1.16 bits per heavy atom. The van der Waals surface area contributed by atoms with Gasteiger partial charge in [-0.15, -0.1) is 0 Å². The van der Waals surface area contributed by atoms with E-state index in [9.17, 15) is 0 Å². The van der Waals surface area contributed by atoms with E-state index in [1.165, 1.54) is 6.20 Å². The fourth-order valence-electron chi connectivity index (χ4n) is 3.29. The Hall–Kier alpha value is -3.82. The molecule has 0 aliphatic heterocycles. The number of ether oxygens (including phenoxy) is 2. The predicted molar refractivity (Wildman–Crippen MR) is 122 cm³/mol. The summed E-state index contributed by atoms with van der Waals surface area (Å²) in [6, 6.07) is 16.8. The summed E-state index contributed by atoms with van der Waals surface area (Å²) < 4.78 is 13.1. The van der Waals surface area contributed by atoms with E-state index in [1.54, 1.807) is 25.3 Å². The number of para-hydroxylation sites is 1. The average molecular weight is 431 g/mol. The van der Waals surface area contributed by atoms with E-state index in [0.717, 1.165) is 16.6 Å². The molecular weight excluding hydrogens is 412 g/mol. The fourth-order valence-corrected chi connectivity index (χ4v) is 3.46. The number of halogens is 1. The van der Waals surface area contributed by atoms with Gasteiger partial charge in [-0.3, -0.25) is 4.57 Å². The number of imidazole rings is 1. The molecule has 0 amide bonds. The lowest BCUT2D eigenvalue weighted by Crippen LogP contribution is -2.00. The van der Waals surface area contributed by atoms with Gasteiger partial charge in [0.15, 0.2) is 11.5 Å². The number of benzene rings is 2. The first-order chi connectivity index (χ1) is 15.1. The molecule has 0 N–H and O–H groups in total. The molecule has 0 unspecified atom stereocenters. The van der Waals surface area contributed by atoms with Crippen molar-refractivity contribution in [1.82, 2.24) is 14.5 Å². The second-order valence-electron chi connectivity index (χ2n) is 6.60. The highest BCUT2D eigenvalue weighted by Crippen LogP contribution is 2.33. The Labute approximate surface area is 185 Å². The second kappa shape index (κ2) is 8.90. The molecular formula is C24H19ClN4O2. The van der Waals surface area contributed by atoms with E-state index >= 15 is 0 Å². The van der Waals surface area contributed by atoms with Crippen LogP contribution in [0.25, 0.3) is 29.0 Å². The fraction of sp³-hybridized carbons (Fsp3) is 0.125. The summed E-state index contributed by atoms with van der Waals surface area (Å²) in [5.74, 6) is 2.64. The molecule has 0 aliphatic carbocycles. The van der Waals surface area contributed by atoms with Crippen LogP contribution in [0.3, 0.4) is 0 Å². The summed E-state index contributed by atoms with van der Waals surface area (Å²) >= 11 is 6.24. The predicted octanol–water partition coefficient (Wildman–Crippen LogP) is 5.52. The zero-order chi connectivity index (χ0) is 21.8. The highest BCUT2D eigenvalue weighted by atomic mass is 35.5. The maximum atomic E-state index is 9.08. The standard InChI is InChI=1S/C24H19ClN4O2/c1-3-31-24-17(5-4-6-21(24)30-2)8-12-23-28-19-10-9-18(25)13-20(19)29(23)22-11-7-16(14-26)15-27-22/h4-13,15H,3H2,1-2H3. The molecule has 154 valence electrons. The average Bonchev–Trinajstić information content (AvgIpc) is 3.16. The first-order valence-electron chi connectivity index (χ1n) is 9.67. The molecule has 0 aliphatic rings. The van der Waals surface area contributed by atoms with Gasteiger partial charge in [0, 0.05) is 16.8 Å². The van der Waals surface area contributed by atoms with Gasteiger partial charge < -0.3 is 9.47 Å². The van der Waals surface area contributed by atoms with Crippen molar-refractivity contribution >= 4 is 34.8 Å². The van der Waals surface area contributed by atoms with E-state index in [1.807, 2.05) is 54.0 Å². The summed E-state index contributed by atoms with van der Waals surface area (Å²) in [5, 5.41) is 9.69. The summed E-state index contributed by atoms with van der Waals surface area (Å²) in [4.78, 5) is 9.19. The number of nitriles is 1. The van der Waals surface area contributed by atoms with Crippen LogP contribution in [0.4, 0.5) is 0 Å². The van der Waals surface area contributed by atoms with Gasteiger partial charge in [-0.25, -0.2) is 9.97 Å². The van der Waals surface area contributed by atoms with E-state index in [-0.39, 0.29) is 0 Å². The van der Waals surface area contributed by atoms with Crippen molar-refractivity contribution in [3.8, 4) is 23.4 Å². The minimum Gasteiger partial charge on any atom is -0.493 e. The monoisotopic (exact) mass is 430 g/mol. The maximum Gasteiger partial charge on any atom is 0.168 e. The van der Waals surface area contributed by atoms with Gasteiger partial charge in [-0.1, -0.05) is 23.7 Å². The largest absolute Gasteiger partial charge is 0.493 e. The lowest BCUT2D eigenvalue weighted by atomic mass is 10.1. The van der Waals surface area contributed by atoms with E-state index < -0.39 is 0 Å². The third-order valence-electron chi connectivity index (χ3n) is 4.68. The molecule has 0 atom stereocenters. The molecule has 2 heterocycles. The summed E-state index contributed by atoms with van der Waals surface area (Å²) in [6.07, 6.45) is 5.36. The van der Waals surface area contributed by atoms with Crippen LogP contribution < -0.4 is 9.47 Å². The van der Waals surface area contributed by atoms with Crippen LogP contribution >= 0.6 is 11.6 Å². The van der Waals surface area contributed by atoms with Gasteiger partial charge >= 0.3 is 0 Å². The first kappa shape index (κ1) is 20.5. The Morgan fingerprint density at radius 3 is 2.74 bits per heavy atom. The normalized spacial score (nSPS) is 11.0. The van der Waals surface area contributed by atoms with Crippen molar-refractivity contribution in [2.45, 2.75) is 6.92 Å². The SMILES string of the molecule is CCOc1c(C=Cc2nc3ccc(Cl)cc3n2-c2ccc(C#N)cn2)cccc1OC. The third-order valence-corrected chi connectivity index (χ3v) is 4.91. The molecule has 4 rings (SSSR count). The number of aromatic nitrogens is 3. The van der Waals surface area contributed by atoms with Crippen molar-refractivity contribution in [2.75, 3.05) is 13.7 Å². The van der Waals surface area contributed by atoms with Crippen molar-refractivity contribution in [2.24, 2.45) is 0 Å². The smallest absolute Gasteiger partial charge is 0.168 e. The molecule has 0 radical (unpaired) electrons. The molecule has 4 aromatic rings. The number of rotatable bonds is 6. The Bertz CT molecular complexity index is 1300. The van der Waals surface area contributed by atoms with Crippen molar-refractivity contribution < 1.29 is 9.47 Å². The maximum absolute atomic E-state index is 9.08. The topological polar surface area (TPSA) is 73.0 Å². The second-order valence-corrected chi connectivity index (χ2v) is 7.04. The molecule has 2 aromatic carbocycles. The molecule has 7 heteroatoms. The minimum absolute atomic E-state index is 0.487. The van der Waals surface area contributed by atoms with E-state index in [2.05, 4.69) is 11.1 Å². The van der Waals surface area contributed by atoms with E-state index in [4.69, 9.17) is 31.3 Å². The van der Waals surface area contributed by atoms with Crippen LogP contribution in [0, 0.1) is 11.3 Å². The van der Waals surface area contributed by atoms with Crippen LogP contribution in [0.5, 0.6) is 11.5 Å². The molecule has 31 heavy (non-hydrogen) atoms. The zero-order valence-corrected chi connectivity index (χ0v) is 17.8. The molecule has 2 aromatic heterocycles. The van der Waals surface area contributed by atoms with Gasteiger partial charge in [-0.2, -0.15) is 5.26 Å². The molecule has 0 saturated heterocycles. The summed E-state index contributed by atoms with van der Waals surface area (Å²) in [6.45, 7) is 2.45. The molecule has 0 fully saturated rings. The number of fused-ring (bicyclic) bond motifs is 1. The van der Waals surface area contributed by atoms with Crippen LogP contribution in [0.15, 0.2) is 54.7 Å². The van der Waals surface area contributed by atoms with Crippen LogP contribution in [-0.2, 0) is 0 Å². The number of hydrogen-bond donors (Lipinski definition) is 0. The first-order valence-corrected chi connectivity index (χ1v) is 10.0. The number of hydrogen-bond acceptors (Lipinski definition) is 5. The lowest BCUT2D eigenvalue weighted by molar-refractivity contribution is 0.310. The summed E-state index contributed by atoms with van der Waals surface area (Å²) in [7, 11) is 1.62. The zero-order valence-electron chi connectivity index (χ0n) is 17.0. The van der Waals surface area contributed by atoms with Crippen molar-refractivity contribution in [1.29, 1.82) is 5.26 Å². The van der Waals surface area contributed by atoms with Crippen molar-refractivity contribution in [3.05, 3.63) is 76.7 Å². The van der Waals surface area contributed by atoms with Crippen LogP contribution in [0.1, 0.15) is 23.9 Å².